The number of aromatic nitrogens is 2. The smallest absolute Gasteiger partial charge is 0.0954 e. The predicted molar refractivity (Wildman–Crippen MR) is 64.3 cm³/mol. The molecule has 1 fully saturated rings. The highest BCUT2D eigenvalue weighted by molar-refractivity contribution is 5.60. The minimum atomic E-state index is 0.568. The number of benzene rings is 1. The van der Waals surface area contributed by atoms with Crippen molar-refractivity contribution >= 4 is 0 Å². The summed E-state index contributed by atoms with van der Waals surface area (Å²) in [7, 11) is 0. The number of imidazole rings is 1. The summed E-state index contributed by atoms with van der Waals surface area (Å²) in [6, 6.07) is 9.14. The minimum Gasteiger partial charge on any atom is -0.325 e. The lowest BCUT2D eigenvalue weighted by Crippen LogP contribution is -2.43. The fourth-order valence-electron chi connectivity index (χ4n) is 2.09. The van der Waals surface area contributed by atoms with Crippen molar-refractivity contribution in [1.29, 1.82) is 0 Å². The van der Waals surface area contributed by atoms with E-state index in [4.69, 9.17) is 0 Å². The molecule has 1 aliphatic heterocycles. The Labute approximate surface area is 95.1 Å². The third-order valence-electron chi connectivity index (χ3n) is 3.13. The molecule has 2 aromatic rings. The molecule has 0 saturated carbocycles. The van der Waals surface area contributed by atoms with E-state index in [-0.39, 0.29) is 0 Å². The Morgan fingerprint density at radius 3 is 2.94 bits per heavy atom. The predicted octanol–water partition coefficient (Wildman–Crippen LogP) is 2.00. The molecule has 0 unspecified atom stereocenters. The quantitative estimate of drug-likeness (QED) is 0.827. The van der Waals surface area contributed by atoms with Gasteiger partial charge in [0.1, 0.15) is 0 Å². The Morgan fingerprint density at radius 1 is 1.38 bits per heavy atom. The summed E-state index contributed by atoms with van der Waals surface area (Å²) in [5.41, 5.74) is 3.76. The van der Waals surface area contributed by atoms with Gasteiger partial charge in [-0.1, -0.05) is 23.8 Å². The van der Waals surface area contributed by atoms with Gasteiger partial charge in [0.2, 0.25) is 0 Å². The summed E-state index contributed by atoms with van der Waals surface area (Å²) in [5.74, 6) is 0. The first-order chi connectivity index (χ1) is 7.84. The highest BCUT2D eigenvalue weighted by atomic mass is 15.2. The molecule has 1 aliphatic rings. The first kappa shape index (κ1) is 9.60. The van der Waals surface area contributed by atoms with E-state index in [0.29, 0.717) is 6.04 Å². The molecule has 82 valence electrons. The van der Waals surface area contributed by atoms with Crippen LogP contribution >= 0.6 is 0 Å². The zero-order valence-electron chi connectivity index (χ0n) is 9.35. The second-order valence-electron chi connectivity index (χ2n) is 4.37. The van der Waals surface area contributed by atoms with Crippen molar-refractivity contribution in [1.82, 2.24) is 14.9 Å². The lowest BCUT2D eigenvalue weighted by Gasteiger charge is -2.29. The van der Waals surface area contributed by atoms with Crippen LogP contribution < -0.4 is 5.32 Å². The molecule has 1 aromatic carbocycles. The number of aryl methyl sites for hydroxylation is 1. The average Bonchev–Trinajstić information content (AvgIpc) is 2.64. The first-order valence-corrected chi connectivity index (χ1v) is 5.64. The van der Waals surface area contributed by atoms with Crippen LogP contribution in [0, 0.1) is 6.92 Å². The molecule has 3 rings (SSSR count). The molecule has 0 amide bonds. The molecule has 0 aliphatic carbocycles. The van der Waals surface area contributed by atoms with Gasteiger partial charge in [0, 0.05) is 18.7 Å². The van der Waals surface area contributed by atoms with Crippen LogP contribution in [0.1, 0.15) is 11.6 Å². The van der Waals surface area contributed by atoms with Gasteiger partial charge in [0.25, 0.3) is 0 Å². The number of hydrogen-bond acceptors (Lipinski definition) is 2. The van der Waals surface area contributed by atoms with E-state index in [9.17, 15) is 0 Å². The maximum Gasteiger partial charge on any atom is 0.0954 e. The number of rotatable bonds is 2. The Hall–Kier alpha value is -1.61. The summed E-state index contributed by atoms with van der Waals surface area (Å²) in [5, 5.41) is 3.29. The molecule has 1 aromatic heterocycles. The molecule has 0 atom stereocenters. The van der Waals surface area contributed by atoms with E-state index in [2.05, 4.69) is 46.1 Å². The van der Waals surface area contributed by atoms with Crippen LogP contribution in [-0.4, -0.2) is 22.6 Å². The number of nitrogens with one attached hydrogen (secondary N) is 1. The van der Waals surface area contributed by atoms with Gasteiger partial charge >= 0.3 is 0 Å². The number of nitrogens with zero attached hydrogens (tertiary/aromatic N) is 2. The van der Waals surface area contributed by atoms with Crippen molar-refractivity contribution in [3.05, 3.63) is 42.4 Å². The maximum atomic E-state index is 4.27. The highest BCUT2D eigenvalue weighted by Gasteiger charge is 2.21. The molecule has 0 bridgehead atoms. The zero-order valence-corrected chi connectivity index (χ0v) is 9.35. The van der Waals surface area contributed by atoms with Crippen LogP contribution in [-0.2, 0) is 0 Å². The second kappa shape index (κ2) is 3.76. The largest absolute Gasteiger partial charge is 0.325 e. The summed E-state index contributed by atoms with van der Waals surface area (Å²) in [4.78, 5) is 4.27. The Bertz CT molecular complexity index is 497. The van der Waals surface area contributed by atoms with Crippen LogP contribution in [0.25, 0.3) is 11.3 Å². The minimum absolute atomic E-state index is 0.568. The van der Waals surface area contributed by atoms with E-state index >= 15 is 0 Å². The first-order valence-electron chi connectivity index (χ1n) is 5.64. The summed E-state index contributed by atoms with van der Waals surface area (Å²) < 4.78 is 2.27. The van der Waals surface area contributed by atoms with Gasteiger partial charge in [-0.05, 0) is 13.0 Å². The third-order valence-corrected chi connectivity index (χ3v) is 3.13. The van der Waals surface area contributed by atoms with Gasteiger partial charge < -0.3 is 9.88 Å². The second-order valence-corrected chi connectivity index (χ2v) is 4.37. The maximum absolute atomic E-state index is 4.27. The van der Waals surface area contributed by atoms with E-state index in [1.807, 2.05) is 12.5 Å². The van der Waals surface area contributed by atoms with Crippen LogP contribution in [0.15, 0.2) is 36.8 Å². The van der Waals surface area contributed by atoms with Crippen molar-refractivity contribution in [2.24, 2.45) is 0 Å². The van der Waals surface area contributed by atoms with Gasteiger partial charge in [-0.2, -0.15) is 0 Å². The van der Waals surface area contributed by atoms with E-state index in [1.165, 1.54) is 16.8 Å². The van der Waals surface area contributed by atoms with E-state index in [0.717, 1.165) is 13.1 Å². The van der Waals surface area contributed by atoms with Crippen LogP contribution in [0.2, 0.25) is 0 Å². The summed E-state index contributed by atoms with van der Waals surface area (Å²) in [6.07, 6.45) is 3.89. The standard InChI is InChI=1S/C13H15N3/c1-10-3-2-4-11(5-10)13-8-15-9-16(13)12-6-14-7-12/h2-5,8-9,12,14H,6-7H2,1H3. The Morgan fingerprint density at radius 2 is 2.25 bits per heavy atom. The Kier molecular flexibility index (Phi) is 2.26. The van der Waals surface area contributed by atoms with E-state index in [1.54, 1.807) is 0 Å². The van der Waals surface area contributed by atoms with Crippen molar-refractivity contribution < 1.29 is 0 Å². The molecule has 16 heavy (non-hydrogen) atoms. The van der Waals surface area contributed by atoms with Crippen molar-refractivity contribution in [2.45, 2.75) is 13.0 Å². The normalized spacial score (nSPS) is 16.1. The van der Waals surface area contributed by atoms with Gasteiger partial charge in [-0.15, -0.1) is 0 Å². The molecule has 2 heterocycles. The van der Waals surface area contributed by atoms with Crippen LogP contribution in [0.5, 0.6) is 0 Å². The number of hydrogen-bond donors (Lipinski definition) is 1. The van der Waals surface area contributed by atoms with Crippen molar-refractivity contribution in [3.63, 3.8) is 0 Å². The zero-order chi connectivity index (χ0) is 11.0. The fraction of sp³-hybridized carbons (Fsp3) is 0.308. The van der Waals surface area contributed by atoms with Crippen LogP contribution in [0.4, 0.5) is 0 Å². The van der Waals surface area contributed by atoms with Gasteiger partial charge in [-0.25, -0.2) is 4.98 Å². The lowest BCUT2D eigenvalue weighted by atomic mass is 10.1. The average molecular weight is 213 g/mol. The molecule has 3 nitrogen and oxygen atoms in total. The lowest BCUT2D eigenvalue weighted by molar-refractivity contribution is 0.346. The molecule has 1 saturated heterocycles. The van der Waals surface area contributed by atoms with Gasteiger partial charge in [0.15, 0.2) is 0 Å². The monoisotopic (exact) mass is 213 g/mol. The summed E-state index contributed by atoms with van der Waals surface area (Å²) >= 11 is 0. The van der Waals surface area contributed by atoms with Gasteiger partial charge in [-0.3, -0.25) is 0 Å². The molecule has 1 N–H and O–H groups in total. The van der Waals surface area contributed by atoms with Crippen molar-refractivity contribution in [3.8, 4) is 11.3 Å². The molecule has 0 radical (unpaired) electrons. The van der Waals surface area contributed by atoms with E-state index < -0.39 is 0 Å². The molecule has 3 heteroatoms. The SMILES string of the molecule is Cc1cccc(-c2cncn2C2CNC2)c1. The Balaban J connectivity index is 2.02. The third kappa shape index (κ3) is 1.53. The van der Waals surface area contributed by atoms with Crippen molar-refractivity contribution in [2.75, 3.05) is 13.1 Å². The fourth-order valence-corrected chi connectivity index (χ4v) is 2.09. The molecular formula is C13H15N3. The molecular weight excluding hydrogens is 198 g/mol. The molecule has 0 spiro atoms. The van der Waals surface area contributed by atoms with Crippen LogP contribution in [0.3, 0.4) is 0 Å². The van der Waals surface area contributed by atoms with Gasteiger partial charge in [0.05, 0.1) is 24.3 Å². The highest BCUT2D eigenvalue weighted by Crippen LogP contribution is 2.24. The summed E-state index contributed by atoms with van der Waals surface area (Å²) in [6.45, 7) is 4.22. The topological polar surface area (TPSA) is 29.9 Å².